The smallest absolute Gasteiger partial charge is 0.259 e. The van der Waals surface area contributed by atoms with Crippen molar-refractivity contribution in [2.45, 2.75) is 25.8 Å². The number of aryl methyl sites for hydroxylation is 1. The second kappa shape index (κ2) is 7.08. The van der Waals surface area contributed by atoms with E-state index in [0.717, 1.165) is 12.8 Å². The van der Waals surface area contributed by atoms with Crippen LogP contribution in [-0.2, 0) is 0 Å². The lowest BCUT2D eigenvalue weighted by molar-refractivity contribution is 0.0739. The molecule has 146 valence electrons. The maximum Gasteiger partial charge on any atom is 0.259 e. The number of amides is 1. The number of likely N-dealkylation sites (tertiary alicyclic amines) is 1. The molecule has 7 heteroatoms. The Morgan fingerprint density at radius 3 is 2.93 bits per heavy atom. The Balaban J connectivity index is 1.64. The van der Waals surface area contributed by atoms with Crippen LogP contribution in [0.4, 0.5) is 4.39 Å². The molecule has 1 aliphatic rings. The minimum Gasteiger partial charge on any atom is -0.335 e. The predicted molar refractivity (Wildman–Crippen MR) is 109 cm³/mol. The summed E-state index contributed by atoms with van der Waals surface area (Å²) in [5.41, 5.74) is 1.99. The normalized spacial score (nSPS) is 16.6. The molecule has 5 nitrogen and oxygen atoms in total. The van der Waals surface area contributed by atoms with E-state index in [1.165, 1.54) is 10.9 Å². The summed E-state index contributed by atoms with van der Waals surface area (Å²) in [6.45, 7) is 2.47. The molecule has 1 saturated heterocycles. The summed E-state index contributed by atoms with van der Waals surface area (Å²) in [6, 6.07) is 12.2. The molecule has 4 heterocycles. The number of halogens is 1. The average molecular weight is 407 g/mol. The molecule has 0 saturated carbocycles. The zero-order valence-corrected chi connectivity index (χ0v) is 16.6. The minimum absolute atomic E-state index is 0.0581. The summed E-state index contributed by atoms with van der Waals surface area (Å²) in [7, 11) is 0. The van der Waals surface area contributed by atoms with E-state index in [9.17, 15) is 9.18 Å². The van der Waals surface area contributed by atoms with Gasteiger partial charge in [0.15, 0.2) is 0 Å². The van der Waals surface area contributed by atoms with Crippen LogP contribution in [0.3, 0.4) is 0 Å². The highest BCUT2D eigenvalue weighted by Crippen LogP contribution is 2.37. The average Bonchev–Trinajstić information content (AvgIpc) is 3.48. The quantitative estimate of drug-likeness (QED) is 0.458. The fourth-order valence-corrected chi connectivity index (χ4v) is 4.89. The van der Waals surface area contributed by atoms with Crippen molar-refractivity contribution in [3.8, 4) is 11.3 Å². The SMILES string of the molecule is Cc1noc2nc(-c3ccccc3F)cc(C(=O)N3CCC[C@@H]3c3cccs3)c12. The van der Waals surface area contributed by atoms with E-state index in [1.54, 1.807) is 42.5 Å². The Bertz CT molecular complexity index is 1200. The Kier molecular flexibility index (Phi) is 4.39. The lowest BCUT2D eigenvalue weighted by Gasteiger charge is -2.24. The molecule has 4 aromatic rings. The van der Waals surface area contributed by atoms with Gasteiger partial charge < -0.3 is 9.42 Å². The van der Waals surface area contributed by atoms with Gasteiger partial charge in [-0.05, 0) is 49.4 Å². The summed E-state index contributed by atoms with van der Waals surface area (Å²) in [5, 5.41) is 6.61. The molecule has 3 aromatic heterocycles. The van der Waals surface area contributed by atoms with Gasteiger partial charge in [0.05, 0.1) is 28.4 Å². The number of benzene rings is 1. The van der Waals surface area contributed by atoms with Crippen LogP contribution >= 0.6 is 11.3 Å². The van der Waals surface area contributed by atoms with E-state index < -0.39 is 5.82 Å². The van der Waals surface area contributed by atoms with Crippen LogP contribution in [0, 0.1) is 12.7 Å². The van der Waals surface area contributed by atoms with Crippen molar-refractivity contribution < 1.29 is 13.7 Å². The number of fused-ring (bicyclic) bond motifs is 1. The fourth-order valence-electron chi connectivity index (χ4n) is 4.01. The molecule has 1 fully saturated rings. The number of carbonyl (C=O) groups is 1. The highest BCUT2D eigenvalue weighted by molar-refractivity contribution is 7.10. The Labute approximate surface area is 170 Å². The first-order valence-electron chi connectivity index (χ1n) is 9.50. The molecular formula is C22H18FN3O2S. The molecule has 1 atom stereocenters. The topological polar surface area (TPSA) is 59.2 Å². The minimum atomic E-state index is -0.397. The first kappa shape index (κ1) is 18.0. The summed E-state index contributed by atoms with van der Waals surface area (Å²) in [4.78, 5) is 21.1. The molecule has 0 unspecified atom stereocenters. The lowest BCUT2D eigenvalue weighted by Crippen LogP contribution is -2.30. The molecule has 29 heavy (non-hydrogen) atoms. The van der Waals surface area contributed by atoms with Crippen LogP contribution in [0.25, 0.3) is 22.4 Å². The zero-order chi connectivity index (χ0) is 20.0. The van der Waals surface area contributed by atoms with Crippen molar-refractivity contribution in [2.24, 2.45) is 0 Å². The molecule has 0 bridgehead atoms. The van der Waals surface area contributed by atoms with Crippen molar-refractivity contribution >= 4 is 28.3 Å². The van der Waals surface area contributed by atoms with Crippen LogP contribution in [0.5, 0.6) is 0 Å². The summed E-state index contributed by atoms with van der Waals surface area (Å²) in [6.07, 6.45) is 1.88. The van der Waals surface area contributed by atoms with E-state index in [4.69, 9.17) is 4.52 Å². The molecule has 1 aromatic carbocycles. The molecule has 1 aliphatic heterocycles. The van der Waals surface area contributed by atoms with Gasteiger partial charge in [0, 0.05) is 17.0 Å². The van der Waals surface area contributed by atoms with E-state index >= 15 is 0 Å². The van der Waals surface area contributed by atoms with Gasteiger partial charge in [-0.3, -0.25) is 4.79 Å². The number of aromatic nitrogens is 2. The van der Waals surface area contributed by atoms with Crippen molar-refractivity contribution in [2.75, 3.05) is 6.54 Å². The summed E-state index contributed by atoms with van der Waals surface area (Å²) in [5.74, 6) is -0.496. The van der Waals surface area contributed by atoms with E-state index in [1.807, 2.05) is 16.3 Å². The third kappa shape index (κ3) is 3.02. The fraction of sp³-hybridized carbons (Fsp3) is 0.227. The third-order valence-corrected chi connectivity index (χ3v) is 6.36. The zero-order valence-electron chi connectivity index (χ0n) is 15.8. The van der Waals surface area contributed by atoms with Crippen LogP contribution in [0.15, 0.2) is 52.4 Å². The maximum absolute atomic E-state index is 14.4. The molecule has 5 rings (SSSR count). The van der Waals surface area contributed by atoms with Gasteiger partial charge in [-0.1, -0.05) is 23.4 Å². The van der Waals surface area contributed by atoms with Crippen LogP contribution in [0.1, 0.15) is 39.8 Å². The molecule has 0 aliphatic carbocycles. The van der Waals surface area contributed by atoms with Crippen molar-refractivity contribution in [3.63, 3.8) is 0 Å². The standard InChI is InChI=1S/C22H18FN3O2S/c1-13-20-15(22(27)26-10-4-8-18(26)19-9-5-11-29-19)12-17(24-21(20)28-25-13)14-6-2-3-7-16(14)23/h2-3,5-7,9,11-12,18H,4,8,10H2,1H3/t18-/m1/s1. The molecule has 0 spiro atoms. The number of hydrogen-bond donors (Lipinski definition) is 0. The summed E-state index contributed by atoms with van der Waals surface area (Å²) < 4.78 is 19.7. The maximum atomic E-state index is 14.4. The van der Waals surface area contributed by atoms with E-state index in [2.05, 4.69) is 16.2 Å². The number of pyridine rings is 1. The van der Waals surface area contributed by atoms with Gasteiger partial charge >= 0.3 is 0 Å². The van der Waals surface area contributed by atoms with E-state index in [-0.39, 0.29) is 17.7 Å². The first-order chi connectivity index (χ1) is 14.1. The Morgan fingerprint density at radius 2 is 2.14 bits per heavy atom. The van der Waals surface area contributed by atoms with E-state index in [0.29, 0.717) is 34.4 Å². The monoisotopic (exact) mass is 407 g/mol. The van der Waals surface area contributed by atoms with Gasteiger partial charge in [-0.2, -0.15) is 0 Å². The van der Waals surface area contributed by atoms with Gasteiger partial charge in [-0.15, -0.1) is 11.3 Å². The number of nitrogens with zero attached hydrogens (tertiary/aromatic N) is 3. The molecule has 1 amide bonds. The van der Waals surface area contributed by atoms with Crippen molar-refractivity contribution in [1.82, 2.24) is 15.0 Å². The van der Waals surface area contributed by atoms with Crippen molar-refractivity contribution in [3.05, 3.63) is 69.8 Å². The van der Waals surface area contributed by atoms with Crippen molar-refractivity contribution in [1.29, 1.82) is 0 Å². The molecule has 0 radical (unpaired) electrons. The Morgan fingerprint density at radius 1 is 1.28 bits per heavy atom. The van der Waals surface area contributed by atoms with Crippen LogP contribution in [0.2, 0.25) is 0 Å². The third-order valence-electron chi connectivity index (χ3n) is 5.38. The molecule has 0 N–H and O–H groups in total. The highest BCUT2D eigenvalue weighted by atomic mass is 32.1. The van der Waals surface area contributed by atoms with Crippen LogP contribution < -0.4 is 0 Å². The van der Waals surface area contributed by atoms with Gasteiger partial charge in [0.1, 0.15) is 5.82 Å². The van der Waals surface area contributed by atoms with Gasteiger partial charge in [0.25, 0.3) is 11.6 Å². The molecular weight excluding hydrogens is 389 g/mol. The number of thiophene rings is 1. The second-order valence-corrected chi connectivity index (χ2v) is 8.13. The van der Waals surface area contributed by atoms with Crippen LogP contribution in [-0.4, -0.2) is 27.5 Å². The van der Waals surface area contributed by atoms with Gasteiger partial charge in [0.2, 0.25) is 0 Å². The highest BCUT2D eigenvalue weighted by Gasteiger charge is 2.33. The number of hydrogen-bond acceptors (Lipinski definition) is 5. The summed E-state index contributed by atoms with van der Waals surface area (Å²) >= 11 is 1.66. The predicted octanol–water partition coefficient (Wildman–Crippen LogP) is 5.38. The number of carbonyl (C=O) groups excluding carboxylic acids is 1. The second-order valence-electron chi connectivity index (χ2n) is 7.16. The van der Waals surface area contributed by atoms with Gasteiger partial charge in [-0.25, -0.2) is 9.37 Å². The number of rotatable bonds is 3. The largest absolute Gasteiger partial charge is 0.335 e. The first-order valence-corrected chi connectivity index (χ1v) is 10.4. The Hall–Kier alpha value is -3.06. The lowest BCUT2D eigenvalue weighted by atomic mass is 10.0.